The van der Waals surface area contributed by atoms with Gasteiger partial charge in [0.2, 0.25) is 0 Å². The Balaban J connectivity index is 1.85. The molecule has 0 bridgehead atoms. The largest absolute Gasteiger partial charge is 0.308 e. The summed E-state index contributed by atoms with van der Waals surface area (Å²) >= 11 is 0. The van der Waals surface area contributed by atoms with Gasteiger partial charge in [0.1, 0.15) is 5.82 Å². The van der Waals surface area contributed by atoms with Gasteiger partial charge in [-0.1, -0.05) is 17.3 Å². The van der Waals surface area contributed by atoms with E-state index >= 15 is 0 Å². The topological polar surface area (TPSA) is 42.7 Å². The zero-order valence-corrected chi connectivity index (χ0v) is 13.1. The zero-order chi connectivity index (χ0) is 15.5. The summed E-state index contributed by atoms with van der Waals surface area (Å²) in [5, 5.41) is 11.7. The van der Waals surface area contributed by atoms with Crippen LogP contribution in [0.4, 0.5) is 4.39 Å². The molecule has 0 aliphatic carbocycles. The van der Waals surface area contributed by atoms with Gasteiger partial charge in [-0.25, -0.2) is 9.07 Å². The van der Waals surface area contributed by atoms with Gasteiger partial charge in [0.05, 0.1) is 17.4 Å². The van der Waals surface area contributed by atoms with Crippen LogP contribution in [0.1, 0.15) is 39.0 Å². The molecule has 1 N–H and O–H groups in total. The first kappa shape index (κ1) is 15.6. The molecule has 0 saturated carbocycles. The minimum Gasteiger partial charge on any atom is -0.308 e. The Bertz CT molecular complexity index is 569. The fraction of sp³-hybridized carbons (Fsp3) is 0.500. The Hall–Kier alpha value is -1.75. The van der Waals surface area contributed by atoms with E-state index in [1.54, 1.807) is 0 Å². The van der Waals surface area contributed by atoms with Crippen molar-refractivity contribution in [2.75, 3.05) is 0 Å². The summed E-state index contributed by atoms with van der Waals surface area (Å²) in [5.74, 6) is -0.196. The number of hydrogen-bond acceptors (Lipinski definition) is 3. The standard InChI is InChI=1S/C16H23FN4/c1-12(9-13-5-7-14(17)8-6-13)18-10-15-11-21(20-19-15)16(2,3)4/h5-8,11-12,18H,9-10H2,1-4H3. The first-order valence-corrected chi connectivity index (χ1v) is 7.24. The predicted molar refractivity (Wildman–Crippen MR) is 81.4 cm³/mol. The number of benzene rings is 1. The Labute approximate surface area is 125 Å². The number of rotatable bonds is 5. The van der Waals surface area contributed by atoms with E-state index in [2.05, 4.69) is 43.3 Å². The monoisotopic (exact) mass is 290 g/mol. The first-order valence-electron chi connectivity index (χ1n) is 7.24. The van der Waals surface area contributed by atoms with Crippen molar-refractivity contribution in [3.05, 3.63) is 47.5 Å². The molecule has 1 aromatic heterocycles. The number of aromatic nitrogens is 3. The van der Waals surface area contributed by atoms with Crippen molar-refractivity contribution < 1.29 is 4.39 Å². The van der Waals surface area contributed by atoms with E-state index in [9.17, 15) is 4.39 Å². The number of hydrogen-bond donors (Lipinski definition) is 1. The number of nitrogens with one attached hydrogen (secondary N) is 1. The summed E-state index contributed by atoms with van der Waals surface area (Å²) in [6, 6.07) is 6.93. The van der Waals surface area contributed by atoms with Crippen LogP contribution in [0.25, 0.3) is 0 Å². The molecule has 0 saturated heterocycles. The molecule has 1 aromatic carbocycles. The fourth-order valence-corrected chi connectivity index (χ4v) is 2.03. The number of nitrogens with zero attached hydrogens (tertiary/aromatic N) is 3. The maximum absolute atomic E-state index is 12.9. The molecule has 2 rings (SSSR count). The summed E-state index contributed by atoms with van der Waals surface area (Å²) in [4.78, 5) is 0. The van der Waals surface area contributed by atoms with Crippen molar-refractivity contribution in [1.82, 2.24) is 20.3 Å². The molecule has 0 spiro atoms. The van der Waals surface area contributed by atoms with Crippen molar-refractivity contribution >= 4 is 0 Å². The summed E-state index contributed by atoms with van der Waals surface area (Å²) in [5.41, 5.74) is 2.00. The van der Waals surface area contributed by atoms with Gasteiger partial charge in [0.25, 0.3) is 0 Å². The highest BCUT2D eigenvalue weighted by Crippen LogP contribution is 2.12. The lowest BCUT2D eigenvalue weighted by atomic mass is 10.1. The Kier molecular flexibility index (Phi) is 4.73. The lowest BCUT2D eigenvalue weighted by Gasteiger charge is -2.17. The van der Waals surface area contributed by atoms with Crippen LogP contribution in [-0.4, -0.2) is 21.0 Å². The quantitative estimate of drug-likeness (QED) is 0.920. The van der Waals surface area contributed by atoms with Crippen LogP contribution < -0.4 is 5.32 Å². The van der Waals surface area contributed by atoms with Crippen molar-refractivity contribution in [2.45, 2.75) is 52.2 Å². The first-order chi connectivity index (χ1) is 9.84. The summed E-state index contributed by atoms with van der Waals surface area (Å²) in [6.45, 7) is 9.07. The summed E-state index contributed by atoms with van der Waals surface area (Å²) in [6.07, 6.45) is 2.82. The van der Waals surface area contributed by atoms with Crippen molar-refractivity contribution in [3.63, 3.8) is 0 Å². The lowest BCUT2D eigenvalue weighted by molar-refractivity contribution is 0.347. The van der Waals surface area contributed by atoms with Gasteiger partial charge in [-0.05, 0) is 51.8 Å². The second kappa shape index (κ2) is 6.35. The van der Waals surface area contributed by atoms with Gasteiger partial charge in [-0.3, -0.25) is 0 Å². The van der Waals surface area contributed by atoms with Gasteiger partial charge in [-0.15, -0.1) is 5.10 Å². The Morgan fingerprint density at radius 1 is 1.24 bits per heavy atom. The summed E-state index contributed by atoms with van der Waals surface area (Å²) < 4.78 is 14.7. The van der Waals surface area contributed by atoms with E-state index in [0.717, 1.165) is 17.7 Å². The van der Waals surface area contributed by atoms with E-state index in [1.165, 1.54) is 12.1 Å². The van der Waals surface area contributed by atoms with Gasteiger partial charge < -0.3 is 5.32 Å². The molecule has 0 aliphatic rings. The molecule has 1 heterocycles. The van der Waals surface area contributed by atoms with Crippen LogP contribution in [0.15, 0.2) is 30.5 Å². The van der Waals surface area contributed by atoms with E-state index in [0.29, 0.717) is 6.54 Å². The molecule has 0 radical (unpaired) electrons. The average Bonchev–Trinajstić information content (AvgIpc) is 2.88. The summed E-state index contributed by atoms with van der Waals surface area (Å²) in [7, 11) is 0. The smallest absolute Gasteiger partial charge is 0.123 e. The van der Waals surface area contributed by atoms with Crippen LogP contribution in [0, 0.1) is 5.82 Å². The lowest BCUT2D eigenvalue weighted by Crippen LogP contribution is -2.27. The third kappa shape index (κ3) is 4.63. The molecular weight excluding hydrogens is 267 g/mol. The fourth-order valence-electron chi connectivity index (χ4n) is 2.03. The average molecular weight is 290 g/mol. The van der Waals surface area contributed by atoms with Gasteiger partial charge in [-0.2, -0.15) is 0 Å². The van der Waals surface area contributed by atoms with Crippen LogP contribution in [0.5, 0.6) is 0 Å². The second-order valence-electron chi connectivity index (χ2n) is 6.44. The van der Waals surface area contributed by atoms with E-state index in [4.69, 9.17) is 0 Å². The highest BCUT2D eigenvalue weighted by atomic mass is 19.1. The van der Waals surface area contributed by atoms with Crippen LogP contribution >= 0.6 is 0 Å². The molecule has 0 fully saturated rings. The van der Waals surface area contributed by atoms with Crippen LogP contribution in [-0.2, 0) is 18.5 Å². The molecule has 1 unspecified atom stereocenters. The molecule has 114 valence electrons. The van der Waals surface area contributed by atoms with E-state index < -0.39 is 0 Å². The predicted octanol–water partition coefficient (Wildman–Crippen LogP) is 2.89. The van der Waals surface area contributed by atoms with Crippen LogP contribution in [0.3, 0.4) is 0 Å². The molecule has 0 aliphatic heterocycles. The third-order valence-corrected chi connectivity index (χ3v) is 3.31. The van der Waals surface area contributed by atoms with E-state index in [-0.39, 0.29) is 17.4 Å². The molecular formula is C16H23FN4. The number of halogens is 1. The third-order valence-electron chi connectivity index (χ3n) is 3.31. The molecule has 0 amide bonds. The van der Waals surface area contributed by atoms with Crippen molar-refractivity contribution in [2.24, 2.45) is 0 Å². The van der Waals surface area contributed by atoms with Gasteiger partial charge in [0.15, 0.2) is 0 Å². The van der Waals surface area contributed by atoms with Crippen LogP contribution in [0.2, 0.25) is 0 Å². The zero-order valence-electron chi connectivity index (χ0n) is 13.1. The Morgan fingerprint density at radius 3 is 2.48 bits per heavy atom. The van der Waals surface area contributed by atoms with Crippen molar-refractivity contribution in [1.29, 1.82) is 0 Å². The van der Waals surface area contributed by atoms with Gasteiger partial charge >= 0.3 is 0 Å². The molecule has 4 nitrogen and oxygen atoms in total. The molecule has 5 heteroatoms. The minimum atomic E-state index is -0.196. The maximum Gasteiger partial charge on any atom is 0.123 e. The molecule has 1 atom stereocenters. The second-order valence-corrected chi connectivity index (χ2v) is 6.44. The Morgan fingerprint density at radius 2 is 1.90 bits per heavy atom. The normalized spacial score (nSPS) is 13.4. The molecule has 21 heavy (non-hydrogen) atoms. The molecule has 2 aromatic rings. The highest BCUT2D eigenvalue weighted by Gasteiger charge is 2.15. The maximum atomic E-state index is 12.9. The highest BCUT2D eigenvalue weighted by molar-refractivity contribution is 5.17. The van der Waals surface area contributed by atoms with Crippen molar-refractivity contribution in [3.8, 4) is 0 Å². The SMILES string of the molecule is CC(Cc1ccc(F)cc1)NCc1cn(C(C)(C)C)nn1. The van der Waals surface area contributed by atoms with E-state index in [1.807, 2.05) is 23.0 Å². The van der Waals surface area contributed by atoms with Gasteiger partial charge in [0, 0.05) is 12.6 Å². The minimum absolute atomic E-state index is 0.0506.